The van der Waals surface area contributed by atoms with E-state index in [9.17, 15) is 4.79 Å². The number of allylic oxidation sites excluding steroid dienone is 9. The topological polar surface area (TPSA) is 17.1 Å². The molecular formula is C21H32OS. The molecule has 0 rings (SSSR count). The van der Waals surface area contributed by atoms with Gasteiger partial charge in [0.05, 0.1) is 5.75 Å². The van der Waals surface area contributed by atoms with Gasteiger partial charge in [-0.1, -0.05) is 67.7 Å². The number of thioether (sulfide) groups is 1. The van der Waals surface area contributed by atoms with Crippen molar-refractivity contribution in [1.82, 2.24) is 0 Å². The van der Waals surface area contributed by atoms with E-state index in [1.165, 1.54) is 0 Å². The third-order valence-electron chi connectivity index (χ3n) is 2.90. The molecule has 0 aromatic carbocycles. The van der Waals surface area contributed by atoms with Crippen LogP contribution in [-0.2, 0) is 4.79 Å². The highest BCUT2D eigenvalue weighted by Gasteiger charge is 1.89. The Morgan fingerprint density at radius 2 is 1.22 bits per heavy atom. The van der Waals surface area contributed by atoms with Gasteiger partial charge in [-0.2, -0.15) is 0 Å². The zero-order chi connectivity index (χ0) is 17.0. The van der Waals surface area contributed by atoms with Gasteiger partial charge >= 0.3 is 0 Å². The molecule has 0 spiro atoms. The number of unbranched alkanes of at least 4 members (excludes halogenated alkanes) is 1. The Bertz CT molecular complexity index is 414. The molecule has 23 heavy (non-hydrogen) atoms. The molecule has 0 saturated carbocycles. The second-order valence-electron chi connectivity index (χ2n) is 5.27. The molecule has 0 saturated heterocycles. The summed E-state index contributed by atoms with van der Waals surface area (Å²) in [5.41, 5.74) is 0. The molecule has 0 aromatic heterocycles. The SMILES string of the molecule is CC/C=C\C/C=C\C/C=C\C/C=C\CC/C=C/CSCC(C)=O. The highest BCUT2D eigenvalue weighted by molar-refractivity contribution is 8.00. The average Bonchev–Trinajstić information content (AvgIpc) is 2.53. The minimum atomic E-state index is 0.253. The maximum Gasteiger partial charge on any atom is 0.139 e. The Balaban J connectivity index is 3.43. The quantitative estimate of drug-likeness (QED) is 0.268. The van der Waals surface area contributed by atoms with Crippen molar-refractivity contribution in [2.75, 3.05) is 11.5 Å². The van der Waals surface area contributed by atoms with Gasteiger partial charge in [0.25, 0.3) is 0 Å². The predicted molar refractivity (Wildman–Crippen MR) is 107 cm³/mol. The smallest absolute Gasteiger partial charge is 0.139 e. The molecule has 0 unspecified atom stereocenters. The Morgan fingerprint density at radius 1 is 0.739 bits per heavy atom. The van der Waals surface area contributed by atoms with Crippen LogP contribution in [0.1, 0.15) is 52.4 Å². The number of hydrogen-bond acceptors (Lipinski definition) is 2. The molecular weight excluding hydrogens is 300 g/mol. The zero-order valence-electron chi connectivity index (χ0n) is 14.7. The zero-order valence-corrected chi connectivity index (χ0v) is 15.6. The van der Waals surface area contributed by atoms with E-state index in [1.807, 2.05) is 0 Å². The highest BCUT2D eigenvalue weighted by Crippen LogP contribution is 2.02. The Morgan fingerprint density at radius 3 is 1.74 bits per heavy atom. The Kier molecular flexibility index (Phi) is 17.7. The van der Waals surface area contributed by atoms with Crippen molar-refractivity contribution in [1.29, 1.82) is 0 Å². The van der Waals surface area contributed by atoms with Gasteiger partial charge in [0.1, 0.15) is 5.78 Å². The lowest BCUT2D eigenvalue weighted by molar-refractivity contribution is -0.114. The van der Waals surface area contributed by atoms with E-state index < -0.39 is 0 Å². The summed E-state index contributed by atoms with van der Waals surface area (Å²) in [5.74, 6) is 1.82. The maximum absolute atomic E-state index is 10.7. The van der Waals surface area contributed by atoms with Crippen LogP contribution in [0.25, 0.3) is 0 Å². The summed E-state index contributed by atoms with van der Waals surface area (Å²) >= 11 is 1.68. The van der Waals surface area contributed by atoms with Crippen LogP contribution in [0, 0.1) is 0 Å². The lowest BCUT2D eigenvalue weighted by atomic mass is 10.2. The lowest BCUT2D eigenvalue weighted by Gasteiger charge is -1.92. The standard InChI is InChI=1S/C21H32OS/c1-3-4-5-6-7-8-9-10-11-12-13-14-15-16-17-18-19-23-20-21(2)22/h4-5,7-8,10-11,13-14,17-18H,3,6,9,12,15-16,19-20H2,1-2H3/b5-4-,8-7-,11-10-,14-13-,18-17+. The number of hydrogen-bond donors (Lipinski definition) is 0. The van der Waals surface area contributed by atoms with Crippen molar-refractivity contribution < 1.29 is 4.79 Å². The first-order chi connectivity index (χ1) is 11.3. The maximum atomic E-state index is 10.7. The van der Waals surface area contributed by atoms with E-state index in [1.54, 1.807) is 18.7 Å². The molecule has 0 heterocycles. The third kappa shape index (κ3) is 20.7. The molecule has 0 amide bonds. The number of rotatable bonds is 14. The van der Waals surface area contributed by atoms with Gasteiger partial charge in [-0.05, 0) is 45.4 Å². The van der Waals surface area contributed by atoms with Crippen LogP contribution in [-0.4, -0.2) is 17.3 Å². The molecule has 0 fully saturated rings. The second kappa shape index (κ2) is 18.8. The largest absolute Gasteiger partial charge is 0.299 e. The summed E-state index contributed by atoms with van der Waals surface area (Å²) in [5, 5.41) is 0. The molecule has 0 atom stereocenters. The van der Waals surface area contributed by atoms with Crippen molar-refractivity contribution in [3.8, 4) is 0 Å². The molecule has 0 aliphatic rings. The van der Waals surface area contributed by atoms with E-state index in [-0.39, 0.29) is 5.78 Å². The third-order valence-corrected chi connectivity index (χ3v) is 3.94. The molecule has 0 N–H and O–H groups in total. The van der Waals surface area contributed by atoms with Gasteiger partial charge in [-0.3, -0.25) is 4.79 Å². The summed E-state index contributed by atoms with van der Waals surface area (Å²) in [6, 6.07) is 0. The van der Waals surface area contributed by atoms with Crippen LogP contribution in [0.2, 0.25) is 0 Å². The van der Waals surface area contributed by atoms with Crippen molar-refractivity contribution in [3.05, 3.63) is 60.8 Å². The molecule has 0 radical (unpaired) electrons. The van der Waals surface area contributed by atoms with Crippen molar-refractivity contribution in [2.24, 2.45) is 0 Å². The van der Waals surface area contributed by atoms with Gasteiger partial charge in [0.15, 0.2) is 0 Å². The van der Waals surface area contributed by atoms with Crippen LogP contribution < -0.4 is 0 Å². The molecule has 0 aromatic rings. The molecule has 0 bridgehead atoms. The summed E-state index contributed by atoms with van der Waals surface area (Å²) in [6.07, 6.45) is 28.5. The average molecular weight is 333 g/mol. The minimum Gasteiger partial charge on any atom is -0.299 e. The molecule has 2 heteroatoms. The van der Waals surface area contributed by atoms with Crippen LogP contribution >= 0.6 is 11.8 Å². The fourth-order valence-electron chi connectivity index (χ4n) is 1.75. The normalized spacial score (nSPS) is 12.8. The number of Topliss-reactive ketones (excluding diaryl/α,β-unsaturated/α-hetero) is 1. The molecule has 1 nitrogen and oxygen atoms in total. The summed E-state index contributed by atoms with van der Waals surface area (Å²) in [7, 11) is 0. The van der Waals surface area contributed by atoms with E-state index in [4.69, 9.17) is 0 Å². The first-order valence-corrected chi connectivity index (χ1v) is 9.75. The molecule has 128 valence electrons. The molecule has 0 aliphatic carbocycles. The highest BCUT2D eigenvalue weighted by atomic mass is 32.2. The fraction of sp³-hybridized carbons (Fsp3) is 0.476. The van der Waals surface area contributed by atoms with E-state index in [0.29, 0.717) is 5.75 Å². The van der Waals surface area contributed by atoms with Gasteiger partial charge in [-0.25, -0.2) is 0 Å². The van der Waals surface area contributed by atoms with Crippen molar-refractivity contribution >= 4 is 17.5 Å². The predicted octanol–water partition coefficient (Wildman–Crippen LogP) is 6.45. The van der Waals surface area contributed by atoms with Gasteiger partial charge in [0.2, 0.25) is 0 Å². The Labute approximate surface area is 147 Å². The van der Waals surface area contributed by atoms with E-state index in [0.717, 1.165) is 44.3 Å². The van der Waals surface area contributed by atoms with Gasteiger partial charge < -0.3 is 0 Å². The lowest BCUT2D eigenvalue weighted by Crippen LogP contribution is -1.92. The second-order valence-corrected chi connectivity index (χ2v) is 6.30. The summed E-state index contributed by atoms with van der Waals surface area (Å²) in [4.78, 5) is 10.7. The summed E-state index contributed by atoms with van der Waals surface area (Å²) < 4.78 is 0. The molecule has 0 aliphatic heterocycles. The van der Waals surface area contributed by atoms with Crippen LogP contribution in [0.4, 0.5) is 0 Å². The summed E-state index contributed by atoms with van der Waals surface area (Å²) in [6.45, 7) is 3.79. The van der Waals surface area contributed by atoms with Crippen molar-refractivity contribution in [2.45, 2.75) is 52.4 Å². The van der Waals surface area contributed by atoms with Crippen LogP contribution in [0.5, 0.6) is 0 Å². The first kappa shape index (κ1) is 21.7. The van der Waals surface area contributed by atoms with Crippen LogP contribution in [0.3, 0.4) is 0 Å². The van der Waals surface area contributed by atoms with Gasteiger partial charge in [-0.15, -0.1) is 11.8 Å². The fourth-order valence-corrected chi connectivity index (χ4v) is 2.42. The monoisotopic (exact) mass is 332 g/mol. The number of carbonyl (C=O) groups is 1. The number of carbonyl (C=O) groups excluding carboxylic acids is 1. The van der Waals surface area contributed by atoms with E-state index in [2.05, 4.69) is 67.7 Å². The van der Waals surface area contributed by atoms with E-state index >= 15 is 0 Å². The first-order valence-electron chi connectivity index (χ1n) is 8.59. The van der Waals surface area contributed by atoms with Gasteiger partial charge in [0, 0.05) is 5.75 Å². The van der Waals surface area contributed by atoms with Crippen molar-refractivity contribution in [3.63, 3.8) is 0 Å². The Hall–Kier alpha value is -1.28. The minimum absolute atomic E-state index is 0.253. The van der Waals surface area contributed by atoms with Crippen LogP contribution in [0.15, 0.2) is 60.8 Å². The number of ketones is 1.